The van der Waals surface area contributed by atoms with E-state index in [-0.39, 0.29) is 5.91 Å². The predicted molar refractivity (Wildman–Crippen MR) is 86.8 cm³/mol. The molecule has 1 amide bonds. The Hall–Kier alpha value is -2.44. The molecule has 0 radical (unpaired) electrons. The van der Waals surface area contributed by atoms with Gasteiger partial charge in [0.1, 0.15) is 6.33 Å². The Morgan fingerprint density at radius 1 is 1.13 bits per heavy atom. The van der Waals surface area contributed by atoms with Gasteiger partial charge >= 0.3 is 0 Å². The van der Waals surface area contributed by atoms with Crippen molar-refractivity contribution in [3.63, 3.8) is 0 Å². The van der Waals surface area contributed by atoms with Gasteiger partial charge in [-0.1, -0.05) is 41.4 Å². The lowest BCUT2D eigenvalue weighted by atomic mass is 10.1. The average molecular weight is 348 g/mol. The van der Waals surface area contributed by atoms with Crippen molar-refractivity contribution in [1.82, 2.24) is 25.5 Å². The number of carbonyl (C=O) groups is 1. The molecule has 3 aromatic rings. The fourth-order valence-electron chi connectivity index (χ4n) is 2.02. The number of hydrogen-bond acceptors (Lipinski definition) is 4. The van der Waals surface area contributed by atoms with Crippen molar-refractivity contribution in [2.45, 2.75) is 6.54 Å². The molecule has 1 aromatic heterocycles. The predicted octanol–water partition coefficient (Wildman–Crippen LogP) is 2.90. The molecule has 0 saturated carbocycles. The van der Waals surface area contributed by atoms with Gasteiger partial charge in [-0.25, -0.2) is 4.68 Å². The smallest absolute Gasteiger partial charge is 0.253 e. The number of amides is 1. The maximum Gasteiger partial charge on any atom is 0.253 e. The monoisotopic (exact) mass is 347 g/mol. The number of tetrazole rings is 1. The number of benzene rings is 2. The molecular weight excluding hydrogens is 337 g/mol. The number of nitrogens with one attached hydrogen (secondary N) is 1. The summed E-state index contributed by atoms with van der Waals surface area (Å²) in [5, 5.41) is 14.7. The third kappa shape index (κ3) is 3.49. The third-order valence-corrected chi connectivity index (χ3v) is 3.90. The number of rotatable bonds is 4. The second kappa shape index (κ2) is 6.76. The first-order chi connectivity index (χ1) is 11.1. The van der Waals surface area contributed by atoms with Crippen LogP contribution in [0.3, 0.4) is 0 Å². The number of nitrogens with zero attached hydrogens (tertiary/aromatic N) is 4. The highest BCUT2D eigenvalue weighted by molar-refractivity contribution is 6.34. The average Bonchev–Trinajstić information content (AvgIpc) is 3.09. The van der Waals surface area contributed by atoms with E-state index in [1.807, 2.05) is 18.2 Å². The Balaban J connectivity index is 1.79. The van der Waals surface area contributed by atoms with E-state index in [0.717, 1.165) is 5.56 Å². The van der Waals surface area contributed by atoms with Crippen LogP contribution in [0.2, 0.25) is 10.0 Å². The Morgan fingerprint density at radius 3 is 2.70 bits per heavy atom. The zero-order chi connectivity index (χ0) is 16.2. The van der Waals surface area contributed by atoms with Crippen LogP contribution in [0.5, 0.6) is 0 Å². The molecule has 0 aliphatic heterocycles. The van der Waals surface area contributed by atoms with Crippen molar-refractivity contribution in [2.24, 2.45) is 0 Å². The van der Waals surface area contributed by atoms with Crippen LogP contribution >= 0.6 is 23.2 Å². The van der Waals surface area contributed by atoms with E-state index in [4.69, 9.17) is 23.2 Å². The summed E-state index contributed by atoms with van der Waals surface area (Å²) in [7, 11) is 0. The lowest BCUT2D eigenvalue weighted by Crippen LogP contribution is -2.23. The molecule has 0 aliphatic rings. The van der Waals surface area contributed by atoms with E-state index >= 15 is 0 Å². The molecular formula is C15H11Cl2N5O. The van der Waals surface area contributed by atoms with Gasteiger partial charge in [-0.2, -0.15) is 0 Å². The third-order valence-electron chi connectivity index (χ3n) is 3.21. The Kier molecular flexibility index (Phi) is 4.55. The number of aromatic nitrogens is 4. The van der Waals surface area contributed by atoms with Gasteiger partial charge < -0.3 is 5.32 Å². The quantitative estimate of drug-likeness (QED) is 0.787. The van der Waals surface area contributed by atoms with E-state index in [2.05, 4.69) is 20.8 Å². The minimum atomic E-state index is -0.301. The normalized spacial score (nSPS) is 10.5. The van der Waals surface area contributed by atoms with Crippen molar-refractivity contribution in [1.29, 1.82) is 0 Å². The maximum absolute atomic E-state index is 12.4. The van der Waals surface area contributed by atoms with Crippen LogP contribution in [0.4, 0.5) is 0 Å². The molecule has 0 fully saturated rings. The van der Waals surface area contributed by atoms with Crippen molar-refractivity contribution < 1.29 is 4.79 Å². The number of halogens is 2. The maximum atomic E-state index is 12.4. The molecule has 0 unspecified atom stereocenters. The highest BCUT2D eigenvalue weighted by Crippen LogP contribution is 2.20. The van der Waals surface area contributed by atoms with Crippen LogP contribution in [0, 0.1) is 0 Å². The van der Waals surface area contributed by atoms with Gasteiger partial charge in [0.15, 0.2) is 0 Å². The van der Waals surface area contributed by atoms with E-state index in [0.29, 0.717) is 27.8 Å². The van der Waals surface area contributed by atoms with E-state index < -0.39 is 0 Å². The Morgan fingerprint density at radius 2 is 1.96 bits per heavy atom. The molecule has 0 saturated heterocycles. The number of hydrogen-bond donors (Lipinski definition) is 1. The second-order valence-electron chi connectivity index (χ2n) is 4.69. The summed E-state index contributed by atoms with van der Waals surface area (Å²) in [5.74, 6) is -0.301. The van der Waals surface area contributed by atoms with Crippen LogP contribution < -0.4 is 5.32 Å². The van der Waals surface area contributed by atoms with Gasteiger partial charge in [0.05, 0.1) is 16.3 Å². The summed E-state index contributed by atoms with van der Waals surface area (Å²) in [6, 6.07) is 12.3. The Bertz CT molecular complexity index is 836. The highest BCUT2D eigenvalue weighted by Gasteiger charge is 2.13. The Labute approximate surface area is 142 Å². The van der Waals surface area contributed by atoms with Crippen molar-refractivity contribution in [3.8, 4) is 5.69 Å². The topological polar surface area (TPSA) is 72.7 Å². The molecule has 2 aromatic carbocycles. The van der Waals surface area contributed by atoms with Gasteiger partial charge in [-0.3, -0.25) is 4.79 Å². The summed E-state index contributed by atoms with van der Waals surface area (Å²) in [6.45, 7) is 0.309. The van der Waals surface area contributed by atoms with Crippen LogP contribution in [0.15, 0.2) is 48.8 Å². The first-order valence-electron chi connectivity index (χ1n) is 6.69. The SMILES string of the molecule is O=C(NCc1ccccc1Cl)c1cc(-n2cnnn2)ccc1Cl. The minimum Gasteiger partial charge on any atom is -0.348 e. The van der Waals surface area contributed by atoms with Gasteiger partial charge in [-0.15, -0.1) is 5.10 Å². The van der Waals surface area contributed by atoms with Crippen molar-refractivity contribution >= 4 is 29.1 Å². The fraction of sp³-hybridized carbons (Fsp3) is 0.0667. The van der Waals surface area contributed by atoms with Crippen LogP contribution in [-0.2, 0) is 6.54 Å². The molecule has 0 aliphatic carbocycles. The van der Waals surface area contributed by atoms with Gasteiger partial charge in [0.2, 0.25) is 0 Å². The minimum absolute atomic E-state index is 0.301. The molecule has 116 valence electrons. The largest absolute Gasteiger partial charge is 0.348 e. The highest BCUT2D eigenvalue weighted by atomic mass is 35.5. The molecule has 1 N–H and O–H groups in total. The molecule has 8 heteroatoms. The van der Waals surface area contributed by atoms with Crippen molar-refractivity contribution in [2.75, 3.05) is 0 Å². The van der Waals surface area contributed by atoms with E-state index in [1.54, 1.807) is 24.3 Å². The zero-order valence-electron chi connectivity index (χ0n) is 11.8. The molecule has 1 heterocycles. The van der Waals surface area contributed by atoms with Crippen molar-refractivity contribution in [3.05, 3.63) is 70.0 Å². The fourth-order valence-corrected chi connectivity index (χ4v) is 2.43. The summed E-state index contributed by atoms with van der Waals surface area (Å²) >= 11 is 12.2. The second-order valence-corrected chi connectivity index (χ2v) is 5.51. The molecule has 6 nitrogen and oxygen atoms in total. The van der Waals surface area contributed by atoms with E-state index in [1.165, 1.54) is 11.0 Å². The zero-order valence-corrected chi connectivity index (χ0v) is 13.3. The van der Waals surface area contributed by atoms with Gasteiger partial charge in [0.25, 0.3) is 5.91 Å². The van der Waals surface area contributed by atoms with Crippen LogP contribution in [-0.4, -0.2) is 26.1 Å². The summed E-state index contributed by atoms with van der Waals surface area (Å²) in [4.78, 5) is 12.4. The summed E-state index contributed by atoms with van der Waals surface area (Å²) in [6.07, 6.45) is 1.44. The van der Waals surface area contributed by atoms with Crippen LogP contribution in [0.25, 0.3) is 5.69 Å². The van der Waals surface area contributed by atoms with E-state index in [9.17, 15) is 4.79 Å². The van der Waals surface area contributed by atoms with Gasteiger partial charge in [-0.05, 0) is 40.3 Å². The standard InChI is InChI=1S/C15H11Cl2N5O/c16-13-4-2-1-3-10(13)8-18-15(23)12-7-11(5-6-14(12)17)22-9-19-20-21-22/h1-7,9H,8H2,(H,18,23). The molecule has 0 bridgehead atoms. The lowest BCUT2D eigenvalue weighted by molar-refractivity contribution is 0.0951. The molecule has 23 heavy (non-hydrogen) atoms. The molecule has 0 atom stereocenters. The molecule has 0 spiro atoms. The summed E-state index contributed by atoms with van der Waals surface area (Å²) in [5.41, 5.74) is 1.81. The van der Waals surface area contributed by atoms with Crippen LogP contribution in [0.1, 0.15) is 15.9 Å². The van der Waals surface area contributed by atoms with Gasteiger partial charge in [0, 0.05) is 11.6 Å². The first-order valence-corrected chi connectivity index (χ1v) is 7.45. The lowest BCUT2D eigenvalue weighted by Gasteiger charge is -2.09. The first kappa shape index (κ1) is 15.5. The number of carbonyl (C=O) groups excluding carboxylic acids is 1. The summed E-state index contributed by atoms with van der Waals surface area (Å²) < 4.78 is 1.45. The molecule has 3 rings (SSSR count).